The van der Waals surface area contributed by atoms with Crippen LogP contribution in [0.2, 0.25) is 0 Å². The van der Waals surface area contributed by atoms with Crippen LogP contribution in [-0.4, -0.2) is 58.7 Å². The number of hydrogen-bond donors (Lipinski definition) is 3. The molecule has 1 aliphatic rings. The second-order valence-corrected chi connectivity index (χ2v) is 7.19. The van der Waals surface area contributed by atoms with Gasteiger partial charge in [-0.1, -0.05) is 12.1 Å². The van der Waals surface area contributed by atoms with Crippen molar-refractivity contribution in [1.82, 2.24) is 10.2 Å². The number of guanidine groups is 1. The van der Waals surface area contributed by atoms with Gasteiger partial charge in [-0.2, -0.15) is 0 Å². The molecule has 5 N–H and O–H groups in total. The van der Waals surface area contributed by atoms with Crippen LogP contribution in [-0.2, 0) is 21.3 Å². The molecule has 0 spiro atoms. The maximum atomic E-state index is 11.2. The molecule has 0 unspecified atom stereocenters. The van der Waals surface area contributed by atoms with Crippen molar-refractivity contribution in [3.05, 3.63) is 29.8 Å². The standard InChI is InChI=1S/C15H25N5O3S/c16-15(18-6-1-7-20-8-10-23-11-9-20)19-12-13-2-4-14(5-3-13)24(17,21)22/h2-5H,1,6-12H2,(H3,16,18,19)(H2,17,21,22). The fourth-order valence-electron chi connectivity index (χ4n) is 2.36. The first-order valence-corrected chi connectivity index (χ1v) is 9.45. The van der Waals surface area contributed by atoms with Crippen LogP contribution in [0.1, 0.15) is 12.0 Å². The molecule has 9 heteroatoms. The van der Waals surface area contributed by atoms with Crippen molar-refractivity contribution in [2.24, 2.45) is 15.9 Å². The third-order valence-electron chi connectivity index (χ3n) is 3.74. The summed E-state index contributed by atoms with van der Waals surface area (Å²) in [5.41, 5.74) is 6.69. The molecule has 1 saturated heterocycles. The van der Waals surface area contributed by atoms with Crippen molar-refractivity contribution in [2.75, 3.05) is 39.4 Å². The van der Waals surface area contributed by atoms with E-state index in [0.29, 0.717) is 12.5 Å². The predicted molar refractivity (Wildman–Crippen MR) is 93.0 cm³/mol. The van der Waals surface area contributed by atoms with Gasteiger partial charge in [0, 0.05) is 19.6 Å². The number of morpholine rings is 1. The Morgan fingerprint density at radius 3 is 2.54 bits per heavy atom. The van der Waals surface area contributed by atoms with Gasteiger partial charge in [0.2, 0.25) is 10.0 Å². The fourth-order valence-corrected chi connectivity index (χ4v) is 2.88. The van der Waals surface area contributed by atoms with Gasteiger partial charge in [-0.25, -0.2) is 18.5 Å². The van der Waals surface area contributed by atoms with E-state index in [9.17, 15) is 8.42 Å². The largest absolute Gasteiger partial charge is 0.379 e. The summed E-state index contributed by atoms with van der Waals surface area (Å²) in [4.78, 5) is 6.69. The third kappa shape index (κ3) is 6.44. The van der Waals surface area contributed by atoms with Crippen LogP contribution in [0, 0.1) is 0 Å². The molecule has 0 bridgehead atoms. The smallest absolute Gasteiger partial charge is 0.238 e. The molecule has 1 fully saturated rings. The van der Waals surface area contributed by atoms with Gasteiger partial charge >= 0.3 is 0 Å². The zero-order valence-electron chi connectivity index (χ0n) is 13.6. The highest BCUT2D eigenvalue weighted by Gasteiger charge is 2.09. The first-order valence-electron chi connectivity index (χ1n) is 7.91. The molecule has 0 aliphatic carbocycles. The highest BCUT2D eigenvalue weighted by atomic mass is 32.2. The molecule has 24 heavy (non-hydrogen) atoms. The van der Waals surface area contributed by atoms with Crippen LogP contribution in [0.15, 0.2) is 34.2 Å². The van der Waals surface area contributed by atoms with Gasteiger partial charge in [0.25, 0.3) is 0 Å². The predicted octanol–water partition coefficient (Wildman–Crippen LogP) is -0.539. The quantitative estimate of drug-likeness (QED) is 0.343. The maximum absolute atomic E-state index is 11.2. The molecule has 1 aliphatic heterocycles. The lowest BCUT2D eigenvalue weighted by molar-refractivity contribution is 0.0376. The van der Waals surface area contributed by atoms with E-state index in [1.165, 1.54) is 12.1 Å². The van der Waals surface area contributed by atoms with E-state index >= 15 is 0 Å². The van der Waals surface area contributed by atoms with E-state index < -0.39 is 10.0 Å². The lowest BCUT2D eigenvalue weighted by atomic mass is 10.2. The number of ether oxygens (including phenoxy) is 1. The van der Waals surface area contributed by atoms with Gasteiger partial charge in [-0.3, -0.25) is 4.90 Å². The van der Waals surface area contributed by atoms with Gasteiger partial charge in [-0.15, -0.1) is 0 Å². The minimum absolute atomic E-state index is 0.0874. The molecule has 2 rings (SSSR count). The van der Waals surface area contributed by atoms with Crippen LogP contribution >= 0.6 is 0 Å². The number of primary sulfonamides is 1. The molecule has 0 atom stereocenters. The fraction of sp³-hybridized carbons (Fsp3) is 0.533. The highest BCUT2D eigenvalue weighted by Crippen LogP contribution is 2.09. The van der Waals surface area contributed by atoms with Crippen LogP contribution in [0.4, 0.5) is 0 Å². The number of hydrogen-bond acceptors (Lipinski definition) is 5. The van der Waals surface area contributed by atoms with Gasteiger partial charge < -0.3 is 15.8 Å². The summed E-state index contributed by atoms with van der Waals surface area (Å²) >= 11 is 0. The Kier molecular flexibility index (Phi) is 6.98. The molecular weight excluding hydrogens is 330 g/mol. The Hall–Kier alpha value is -1.68. The summed E-state index contributed by atoms with van der Waals surface area (Å²) in [6.07, 6.45) is 0.985. The minimum atomic E-state index is -3.66. The molecule has 0 saturated carbocycles. The van der Waals surface area contributed by atoms with E-state index in [2.05, 4.69) is 15.2 Å². The average molecular weight is 355 g/mol. The minimum Gasteiger partial charge on any atom is -0.379 e. The van der Waals surface area contributed by atoms with Crippen LogP contribution in [0.25, 0.3) is 0 Å². The molecule has 1 aromatic rings. The zero-order chi connectivity index (χ0) is 17.4. The number of aliphatic imine (C=N–C) groups is 1. The normalized spacial score (nSPS) is 17.0. The van der Waals surface area contributed by atoms with Crippen LogP contribution in [0.3, 0.4) is 0 Å². The summed E-state index contributed by atoms with van der Waals surface area (Å²) in [5, 5.41) is 8.14. The molecule has 1 heterocycles. The highest BCUT2D eigenvalue weighted by molar-refractivity contribution is 7.89. The van der Waals surface area contributed by atoms with Crippen molar-refractivity contribution in [2.45, 2.75) is 17.9 Å². The lowest BCUT2D eigenvalue weighted by Gasteiger charge is -2.26. The van der Waals surface area contributed by atoms with Crippen LogP contribution in [0.5, 0.6) is 0 Å². The first kappa shape index (κ1) is 18.7. The van der Waals surface area contributed by atoms with E-state index in [-0.39, 0.29) is 4.90 Å². The summed E-state index contributed by atoms with van der Waals surface area (Å²) in [6, 6.07) is 6.28. The second kappa shape index (κ2) is 8.97. The average Bonchev–Trinajstić information content (AvgIpc) is 2.57. The molecule has 0 amide bonds. The molecule has 0 radical (unpaired) electrons. The van der Waals surface area contributed by atoms with E-state index in [1.807, 2.05) is 0 Å². The number of rotatable bonds is 7. The molecule has 0 aromatic heterocycles. The van der Waals surface area contributed by atoms with Gasteiger partial charge in [-0.05, 0) is 30.7 Å². The van der Waals surface area contributed by atoms with E-state index in [1.54, 1.807) is 12.1 Å². The van der Waals surface area contributed by atoms with Crippen molar-refractivity contribution < 1.29 is 13.2 Å². The van der Waals surface area contributed by atoms with Gasteiger partial charge in [0.1, 0.15) is 0 Å². The Morgan fingerprint density at radius 1 is 1.25 bits per heavy atom. The summed E-state index contributed by atoms with van der Waals surface area (Å²) in [6.45, 7) is 5.74. The number of sulfonamides is 1. The Labute approximate surface area is 142 Å². The number of nitrogens with zero attached hydrogens (tertiary/aromatic N) is 2. The van der Waals surface area contributed by atoms with Gasteiger partial charge in [0.15, 0.2) is 5.96 Å². The topological polar surface area (TPSA) is 123 Å². The zero-order valence-corrected chi connectivity index (χ0v) is 14.5. The molecule has 134 valence electrons. The summed E-state index contributed by atoms with van der Waals surface area (Å²) < 4.78 is 27.7. The van der Waals surface area contributed by atoms with Crippen LogP contribution < -0.4 is 16.2 Å². The van der Waals surface area contributed by atoms with E-state index in [4.69, 9.17) is 15.6 Å². The first-order chi connectivity index (χ1) is 11.4. The number of nitrogens with two attached hydrogens (primary N) is 2. The molecular formula is C15H25N5O3S. The maximum Gasteiger partial charge on any atom is 0.238 e. The molecule has 1 aromatic carbocycles. The molecule has 8 nitrogen and oxygen atoms in total. The SMILES string of the molecule is NC(=NCc1ccc(S(N)(=O)=O)cc1)NCCCN1CCOCC1. The monoisotopic (exact) mass is 355 g/mol. The lowest BCUT2D eigenvalue weighted by Crippen LogP contribution is -2.39. The van der Waals surface area contributed by atoms with Crippen molar-refractivity contribution in [3.63, 3.8) is 0 Å². The second-order valence-electron chi connectivity index (χ2n) is 5.62. The number of benzene rings is 1. The summed E-state index contributed by atoms with van der Waals surface area (Å²) in [7, 11) is -3.66. The van der Waals surface area contributed by atoms with Crippen molar-refractivity contribution >= 4 is 16.0 Å². The van der Waals surface area contributed by atoms with E-state index in [0.717, 1.165) is 51.4 Å². The Morgan fingerprint density at radius 2 is 1.92 bits per heavy atom. The Balaban J connectivity index is 1.69. The number of nitrogens with one attached hydrogen (secondary N) is 1. The van der Waals surface area contributed by atoms with Crippen molar-refractivity contribution in [3.8, 4) is 0 Å². The summed E-state index contributed by atoms with van der Waals surface area (Å²) in [5.74, 6) is 0.382. The Bertz CT molecular complexity index is 640. The van der Waals surface area contributed by atoms with Crippen molar-refractivity contribution in [1.29, 1.82) is 0 Å². The third-order valence-corrected chi connectivity index (χ3v) is 4.67. The van der Waals surface area contributed by atoms with Gasteiger partial charge in [0.05, 0.1) is 24.7 Å².